The molecule has 0 amide bonds. The zero-order chi connectivity index (χ0) is 14.7. The van der Waals surface area contributed by atoms with E-state index in [4.69, 9.17) is 4.74 Å². The van der Waals surface area contributed by atoms with Crippen LogP contribution >= 0.6 is 11.3 Å². The molecular formula is C17H20O2S. The summed E-state index contributed by atoms with van der Waals surface area (Å²) in [7, 11) is 0. The first kappa shape index (κ1) is 14.8. The first-order valence-corrected chi connectivity index (χ1v) is 7.76. The van der Waals surface area contributed by atoms with Gasteiger partial charge in [0, 0.05) is 10.4 Å². The highest BCUT2D eigenvalue weighted by atomic mass is 32.1. The van der Waals surface area contributed by atoms with Gasteiger partial charge in [-0.05, 0) is 38.3 Å². The van der Waals surface area contributed by atoms with E-state index >= 15 is 0 Å². The van der Waals surface area contributed by atoms with Gasteiger partial charge in [-0.2, -0.15) is 0 Å². The number of carbonyl (C=O) groups is 1. The molecule has 0 spiro atoms. The summed E-state index contributed by atoms with van der Waals surface area (Å²) in [6.45, 7) is 8.52. The number of benzene rings is 1. The first-order valence-electron chi connectivity index (χ1n) is 6.94. The highest BCUT2D eigenvalue weighted by Crippen LogP contribution is 2.37. The van der Waals surface area contributed by atoms with Crippen LogP contribution in [0, 0.1) is 13.8 Å². The fraction of sp³-hybridized carbons (Fsp3) is 0.353. The lowest BCUT2D eigenvalue weighted by molar-refractivity contribution is 0.0533. The quantitative estimate of drug-likeness (QED) is 0.757. The lowest BCUT2D eigenvalue weighted by Crippen LogP contribution is -2.03. The van der Waals surface area contributed by atoms with Crippen LogP contribution in [0.25, 0.3) is 11.1 Å². The van der Waals surface area contributed by atoms with Crippen LogP contribution in [-0.4, -0.2) is 12.6 Å². The van der Waals surface area contributed by atoms with Gasteiger partial charge < -0.3 is 4.74 Å². The molecule has 1 heterocycles. The van der Waals surface area contributed by atoms with Gasteiger partial charge in [0.15, 0.2) is 0 Å². The lowest BCUT2D eigenvalue weighted by atomic mass is 9.99. The Labute approximate surface area is 124 Å². The van der Waals surface area contributed by atoms with Gasteiger partial charge in [-0.15, -0.1) is 11.3 Å². The zero-order valence-electron chi connectivity index (χ0n) is 12.4. The topological polar surface area (TPSA) is 26.3 Å². The van der Waals surface area contributed by atoms with Gasteiger partial charge in [-0.3, -0.25) is 0 Å². The molecule has 3 heteroatoms. The van der Waals surface area contributed by atoms with Crippen molar-refractivity contribution in [1.82, 2.24) is 0 Å². The van der Waals surface area contributed by atoms with Gasteiger partial charge in [0.25, 0.3) is 0 Å². The molecule has 2 nitrogen and oxygen atoms in total. The Morgan fingerprint density at radius 3 is 2.35 bits per heavy atom. The highest BCUT2D eigenvalue weighted by molar-refractivity contribution is 7.14. The van der Waals surface area contributed by atoms with Crippen molar-refractivity contribution in [1.29, 1.82) is 0 Å². The van der Waals surface area contributed by atoms with Crippen LogP contribution in [0.2, 0.25) is 0 Å². The van der Waals surface area contributed by atoms with Crippen LogP contribution in [0.3, 0.4) is 0 Å². The first-order chi connectivity index (χ1) is 9.58. The number of hydrogen-bond acceptors (Lipinski definition) is 3. The lowest BCUT2D eigenvalue weighted by Gasteiger charge is -2.06. The molecule has 0 N–H and O–H groups in total. The average molecular weight is 288 g/mol. The molecule has 0 saturated heterocycles. The van der Waals surface area contributed by atoms with Gasteiger partial charge in [0.05, 0.1) is 6.61 Å². The summed E-state index contributed by atoms with van der Waals surface area (Å²) >= 11 is 1.56. The van der Waals surface area contributed by atoms with Crippen LogP contribution in [-0.2, 0) is 11.2 Å². The molecule has 0 radical (unpaired) electrons. The van der Waals surface area contributed by atoms with E-state index in [0.29, 0.717) is 6.61 Å². The molecule has 0 fully saturated rings. The van der Waals surface area contributed by atoms with E-state index in [0.717, 1.165) is 22.4 Å². The summed E-state index contributed by atoms with van der Waals surface area (Å²) in [5, 5.41) is 0. The molecule has 0 bridgehead atoms. The molecular weight excluding hydrogens is 268 g/mol. The van der Waals surface area contributed by atoms with Crippen LogP contribution in [0.1, 0.15) is 39.5 Å². The van der Waals surface area contributed by atoms with Crippen molar-refractivity contribution in [2.24, 2.45) is 0 Å². The number of esters is 1. The molecule has 0 aliphatic rings. The maximum Gasteiger partial charge on any atom is 0.348 e. The van der Waals surface area contributed by atoms with Crippen LogP contribution in [0.5, 0.6) is 0 Å². The molecule has 1 aromatic carbocycles. The third kappa shape index (κ3) is 2.78. The zero-order valence-corrected chi connectivity index (χ0v) is 13.3. The molecule has 2 rings (SSSR count). The second-order valence-corrected chi connectivity index (χ2v) is 5.90. The van der Waals surface area contributed by atoms with E-state index in [2.05, 4.69) is 45.0 Å². The maximum atomic E-state index is 12.2. The Morgan fingerprint density at radius 1 is 1.15 bits per heavy atom. The molecule has 20 heavy (non-hydrogen) atoms. The largest absolute Gasteiger partial charge is 0.462 e. The molecule has 2 aromatic rings. The van der Waals surface area contributed by atoms with Gasteiger partial charge in [-0.1, -0.05) is 36.8 Å². The normalized spacial score (nSPS) is 10.6. The molecule has 0 aliphatic heterocycles. The average Bonchev–Trinajstić information content (AvgIpc) is 2.77. The minimum Gasteiger partial charge on any atom is -0.462 e. The standard InChI is InChI=1S/C17H20O2S/c1-5-14-12(4)15(13-9-7-11(3)8-10-13)16(20-14)17(18)19-6-2/h7-10H,5-6H2,1-4H3. The SMILES string of the molecule is CCOC(=O)c1sc(CC)c(C)c1-c1ccc(C)cc1. The van der Waals surface area contributed by atoms with Crippen molar-refractivity contribution in [3.8, 4) is 11.1 Å². The Balaban J connectivity index is 2.57. The molecule has 0 aliphatic carbocycles. The minimum absolute atomic E-state index is 0.212. The predicted molar refractivity (Wildman–Crippen MR) is 84.6 cm³/mol. The smallest absolute Gasteiger partial charge is 0.348 e. The van der Waals surface area contributed by atoms with E-state index < -0.39 is 0 Å². The van der Waals surface area contributed by atoms with Crippen LogP contribution < -0.4 is 0 Å². The highest BCUT2D eigenvalue weighted by Gasteiger charge is 2.21. The summed E-state index contributed by atoms with van der Waals surface area (Å²) in [5.41, 5.74) is 4.54. The monoisotopic (exact) mass is 288 g/mol. The van der Waals surface area contributed by atoms with Gasteiger partial charge in [-0.25, -0.2) is 4.79 Å². The number of aryl methyl sites for hydroxylation is 2. The Hall–Kier alpha value is -1.61. The van der Waals surface area contributed by atoms with E-state index in [-0.39, 0.29) is 5.97 Å². The fourth-order valence-electron chi connectivity index (χ4n) is 2.31. The van der Waals surface area contributed by atoms with Crippen LogP contribution in [0.4, 0.5) is 0 Å². The van der Waals surface area contributed by atoms with Gasteiger partial charge in [0.2, 0.25) is 0 Å². The minimum atomic E-state index is -0.212. The Morgan fingerprint density at radius 2 is 1.80 bits per heavy atom. The number of carbonyl (C=O) groups excluding carboxylic acids is 1. The van der Waals surface area contributed by atoms with Crippen molar-refractivity contribution in [3.05, 3.63) is 45.1 Å². The third-order valence-electron chi connectivity index (χ3n) is 3.37. The summed E-state index contributed by atoms with van der Waals surface area (Å²) in [6, 6.07) is 8.30. The molecule has 0 unspecified atom stereocenters. The van der Waals surface area contributed by atoms with E-state index in [1.807, 2.05) is 6.92 Å². The Bertz CT molecular complexity index is 609. The summed E-state index contributed by atoms with van der Waals surface area (Å²) in [6.07, 6.45) is 0.939. The summed E-state index contributed by atoms with van der Waals surface area (Å²) in [5.74, 6) is -0.212. The maximum absolute atomic E-state index is 12.2. The van der Waals surface area contributed by atoms with Crippen molar-refractivity contribution >= 4 is 17.3 Å². The van der Waals surface area contributed by atoms with Crippen molar-refractivity contribution in [2.75, 3.05) is 6.61 Å². The van der Waals surface area contributed by atoms with Gasteiger partial charge in [0.1, 0.15) is 4.88 Å². The molecule has 106 valence electrons. The third-order valence-corrected chi connectivity index (χ3v) is 4.78. The van der Waals surface area contributed by atoms with E-state index in [1.54, 1.807) is 11.3 Å². The van der Waals surface area contributed by atoms with E-state index in [9.17, 15) is 4.79 Å². The number of rotatable bonds is 4. The van der Waals surface area contributed by atoms with E-state index in [1.165, 1.54) is 16.0 Å². The van der Waals surface area contributed by atoms with Crippen LogP contribution in [0.15, 0.2) is 24.3 Å². The van der Waals surface area contributed by atoms with Gasteiger partial charge >= 0.3 is 5.97 Å². The second kappa shape index (κ2) is 6.23. The number of ether oxygens (including phenoxy) is 1. The predicted octanol–water partition coefficient (Wildman–Crippen LogP) is 4.77. The summed E-state index contributed by atoms with van der Waals surface area (Å²) in [4.78, 5) is 14.2. The second-order valence-electron chi connectivity index (χ2n) is 4.79. The van der Waals surface area contributed by atoms with Crippen molar-refractivity contribution < 1.29 is 9.53 Å². The summed E-state index contributed by atoms with van der Waals surface area (Å²) < 4.78 is 5.20. The van der Waals surface area contributed by atoms with Crippen molar-refractivity contribution in [3.63, 3.8) is 0 Å². The van der Waals surface area contributed by atoms with Crippen molar-refractivity contribution in [2.45, 2.75) is 34.1 Å². The number of thiophene rings is 1. The fourth-order valence-corrected chi connectivity index (χ4v) is 3.47. The number of hydrogen-bond donors (Lipinski definition) is 0. The Kier molecular flexibility index (Phi) is 4.61. The molecule has 0 saturated carbocycles. The molecule has 1 aromatic heterocycles. The molecule has 0 atom stereocenters.